The van der Waals surface area contributed by atoms with Crippen molar-refractivity contribution in [1.29, 1.82) is 0 Å². The third kappa shape index (κ3) is 4.94. The highest BCUT2D eigenvalue weighted by Gasteiger charge is 2.20. The van der Waals surface area contributed by atoms with Crippen molar-refractivity contribution in [2.24, 2.45) is 0 Å². The van der Waals surface area contributed by atoms with Gasteiger partial charge in [-0.1, -0.05) is 35.3 Å². The van der Waals surface area contributed by atoms with Crippen molar-refractivity contribution in [1.82, 2.24) is 4.90 Å². The summed E-state index contributed by atoms with van der Waals surface area (Å²) in [6.07, 6.45) is 0. The second kappa shape index (κ2) is 8.49. The molecule has 1 amide bonds. The highest BCUT2D eigenvalue weighted by atomic mass is 35.5. The van der Waals surface area contributed by atoms with Crippen LogP contribution in [-0.4, -0.2) is 29.3 Å². The van der Waals surface area contributed by atoms with E-state index in [1.165, 1.54) is 6.07 Å². The van der Waals surface area contributed by atoms with Crippen molar-refractivity contribution in [3.63, 3.8) is 0 Å². The van der Waals surface area contributed by atoms with Crippen molar-refractivity contribution in [3.05, 3.63) is 67.2 Å². The van der Waals surface area contributed by atoms with Crippen LogP contribution >= 0.6 is 23.2 Å². The van der Waals surface area contributed by atoms with Crippen molar-refractivity contribution < 1.29 is 9.72 Å². The molecular formula is C18H19Cl2N3O3. The molecule has 0 aliphatic carbocycles. The van der Waals surface area contributed by atoms with Gasteiger partial charge in [-0.25, -0.2) is 0 Å². The Kier molecular flexibility index (Phi) is 6.58. The normalized spacial score (nSPS) is 10.8. The molecule has 0 saturated carbocycles. The lowest BCUT2D eigenvalue weighted by Gasteiger charge is -2.17. The number of likely N-dealkylation sites (N-methyl/N-ethyl adjacent to an activating group) is 1. The molecule has 0 heterocycles. The summed E-state index contributed by atoms with van der Waals surface area (Å²) in [5.41, 5.74) is 2.58. The maximum absolute atomic E-state index is 12.3. The van der Waals surface area contributed by atoms with Crippen molar-refractivity contribution in [3.8, 4) is 0 Å². The SMILES string of the molecule is Cc1ccc([N+](=O)[O-])c(NC(=O)CN(C)Cc2ccc(Cl)c(Cl)c2)c1C. The summed E-state index contributed by atoms with van der Waals surface area (Å²) in [7, 11) is 1.78. The molecule has 6 nitrogen and oxygen atoms in total. The summed E-state index contributed by atoms with van der Waals surface area (Å²) < 4.78 is 0. The first-order valence-electron chi connectivity index (χ1n) is 7.86. The molecule has 26 heavy (non-hydrogen) atoms. The maximum Gasteiger partial charge on any atom is 0.293 e. The molecule has 8 heteroatoms. The predicted molar refractivity (Wildman–Crippen MR) is 104 cm³/mol. The van der Waals surface area contributed by atoms with Gasteiger partial charge in [-0.3, -0.25) is 19.8 Å². The number of hydrogen-bond acceptors (Lipinski definition) is 4. The standard InChI is InChI=1S/C18H19Cl2N3O3/c1-11-4-7-16(23(25)26)18(12(11)2)21-17(24)10-22(3)9-13-5-6-14(19)15(20)8-13/h4-8H,9-10H2,1-3H3,(H,21,24). The summed E-state index contributed by atoms with van der Waals surface area (Å²) >= 11 is 11.9. The second-order valence-corrected chi connectivity index (χ2v) is 6.94. The zero-order chi connectivity index (χ0) is 19.4. The van der Waals surface area contributed by atoms with Gasteiger partial charge < -0.3 is 5.32 Å². The van der Waals surface area contributed by atoms with Crippen LogP contribution in [-0.2, 0) is 11.3 Å². The first-order chi connectivity index (χ1) is 12.2. The van der Waals surface area contributed by atoms with Crippen LogP contribution in [0.25, 0.3) is 0 Å². The summed E-state index contributed by atoms with van der Waals surface area (Å²) in [5, 5.41) is 14.8. The summed E-state index contributed by atoms with van der Waals surface area (Å²) in [6.45, 7) is 4.15. The monoisotopic (exact) mass is 395 g/mol. The highest BCUT2D eigenvalue weighted by molar-refractivity contribution is 6.42. The average molecular weight is 396 g/mol. The van der Waals surface area contributed by atoms with Crippen molar-refractivity contribution in [2.45, 2.75) is 20.4 Å². The van der Waals surface area contributed by atoms with Gasteiger partial charge in [0.05, 0.1) is 21.5 Å². The number of benzene rings is 2. The van der Waals surface area contributed by atoms with Gasteiger partial charge in [-0.05, 0) is 49.7 Å². The van der Waals surface area contributed by atoms with Crippen LogP contribution in [0.5, 0.6) is 0 Å². The number of hydrogen-bond donors (Lipinski definition) is 1. The van der Waals surface area contributed by atoms with Gasteiger partial charge >= 0.3 is 0 Å². The van der Waals surface area contributed by atoms with Crippen LogP contribution in [0.3, 0.4) is 0 Å². The highest BCUT2D eigenvalue weighted by Crippen LogP contribution is 2.30. The summed E-state index contributed by atoms with van der Waals surface area (Å²) in [4.78, 5) is 24.8. The Morgan fingerprint density at radius 1 is 1.19 bits per heavy atom. The van der Waals surface area contributed by atoms with E-state index in [-0.39, 0.29) is 23.8 Å². The molecule has 0 aliphatic heterocycles. The van der Waals surface area contributed by atoms with Gasteiger partial charge in [0.15, 0.2) is 0 Å². The Balaban J connectivity index is 2.07. The van der Waals surface area contributed by atoms with Crippen LogP contribution in [0.2, 0.25) is 10.0 Å². The first-order valence-corrected chi connectivity index (χ1v) is 8.61. The molecule has 0 aromatic heterocycles. The molecule has 0 radical (unpaired) electrons. The van der Waals surface area contributed by atoms with Gasteiger partial charge in [0.2, 0.25) is 5.91 Å². The van der Waals surface area contributed by atoms with E-state index in [1.54, 1.807) is 37.1 Å². The number of amides is 1. The van der Waals surface area contributed by atoms with Crippen molar-refractivity contribution in [2.75, 3.05) is 18.9 Å². The van der Waals surface area contributed by atoms with Crippen LogP contribution in [0, 0.1) is 24.0 Å². The van der Waals surface area contributed by atoms with Gasteiger partial charge in [-0.2, -0.15) is 0 Å². The number of nitro groups is 1. The lowest BCUT2D eigenvalue weighted by Crippen LogP contribution is -2.30. The number of rotatable bonds is 6. The fourth-order valence-corrected chi connectivity index (χ4v) is 2.86. The molecular weight excluding hydrogens is 377 g/mol. The van der Waals surface area contributed by atoms with Crippen molar-refractivity contribution >= 4 is 40.5 Å². The molecule has 2 aromatic carbocycles. The molecule has 0 spiro atoms. The lowest BCUT2D eigenvalue weighted by molar-refractivity contribution is -0.384. The Bertz CT molecular complexity index is 856. The van der Waals surface area contributed by atoms with E-state index in [1.807, 2.05) is 13.0 Å². The molecule has 0 aliphatic rings. The van der Waals surface area contributed by atoms with Crippen LogP contribution in [0.15, 0.2) is 30.3 Å². The molecule has 0 saturated heterocycles. The van der Waals surface area contributed by atoms with Gasteiger partial charge in [0.1, 0.15) is 5.69 Å². The number of nitro benzene ring substituents is 1. The molecule has 2 aromatic rings. The minimum Gasteiger partial charge on any atom is -0.319 e. The van der Waals surface area contributed by atoms with Gasteiger partial charge in [-0.15, -0.1) is 0 Å². The fourth-order valence-electron chi connectivity index (χ4n) is 2.54. The van der Waals surface area contributed by atoms with E-state index in [4.69, 9.17) is 23.2 Å². The molecule has 2 rings (SSSR count). The van der Waals surface area contributed by atoms with E-state index in [0.717, 1.165) is 11.1 Å². The molecule has 0 unspecified atom stereocenters. The molecule has 1 N–H and O–H groups in total. The maximum atomic E-state index is 12.3. The third-order valence-corrected chi connectivity index (χ3v) is 4.76. The number of nitrogens with one attached hydrogen (secondary N) is 1. The first kappa shape index (κ1) is 20.2. The predicted octanol–water partition coefficient (Wildman–Crippen LogP) is 4.59. The van der Waals surface area contributed by atoms with E-state index >= 15 is 0 Å². The Labute approximate surface area is 161 Å². The minimum absolute atomic E-state index is 0.0742. The third-order valence-electron chi connectivity index (χ3n) is 4.02. The quantitative estimate of drug-likeness (QED) is 0.573. The molecule has 0 atom stereocenters. The van der Waals surface area contributed by atoms with Gasteiger partial charge in [0.25, 0.3) is 5.69 Å². The zero-order valence-corrected chi connectivity index (χ0v) is 16.2. The Morgan fingerprint density at radius 3 is 2.50 bits per heavy atom. The smallest absolute Gasteiger partial charge is 0.293 e. The van der Waals surface area contributed by atoms with Crippen LogP contribution < -0.4 is 5.32 Å². The number of aryl methyl sites for hydroxylation is 1. The number of halogens is 2. The van der Waals surface area contributed by atoms with Gasteiger partial charge in [0, 0.05) is 12.6 Å². The topological polar surface area (TPSA) is 75.5 Å². The van der Waals surface area contributed by atoms with Crippen LogP contribution in [0.4, 0.5) is 11.4 Å². The Hall–Kier alpha value is -2.15. The number of nitrogens with zero attached hydrogens (tertiary/aromatic N) is 2. The van der Waals surface area contributed by atoms with E-state index in [9.17, 15) is 14.9 Å². The second-order valence-electron chi connectivity index (χ2n) is 6.13. The van der Waals surface area contributed by atoms with Crippen LogP contribution in [0.1, 0.15) is 16.7 Å². The minimum atomic E-state index is -0.499. The van der Waals surface area contributed by atoms with E-state index in [2.05, 4.69) is 5.32 Å². The largest absolute Gasteiger partial charge is 0.319 e. The number of carbonyl (C=O) groups excluding carboxylic acids is 1. The number of anilines is 1. The van der Waals surface area contributed by atoms with E-state index in [0.29, 0.717) is 22.2 Å². The summed E-state index contributed by atoms with van der Waals surface area (Å²) in [6, 6.07) is 8.34. The molecule has 0 fully saturated rings. The lowest BCUT2D eigenvalue weighted by atomic mass is 10.1. The summed E-state index contributed by atoms with van der Waals surface area (Å²) in [5.74, 6) is -0.329. The zero-order valence-electron chi connectivity index (χ0n) is 14.7. The average Bonchev–Trinajstić information content (AvgIpc) is 2.55. The fraction of sp³-hybridized carbons (Fsp3) is 0.278. The van der Waals surface area contributed by atoms with E-state index < -0.39 is 4.92 Å². The Morgan fingerprint density at radius 2 is 1.88 bits per heavy atom. The molecule has 138 valence electrons. The molecule has 0 bridgehead atoms. The number of carbonyl (C=O) groups is 1.